The van der Waals surface area contributed by atoms with Gasteiger partial charge >= 0.3 is 0 Å². The summed E-state index contributed by atoms with van der Waals surface area (Å²) < 4.78 is 19.1. The van der Waals surface area contributed by atoms with Crippen molar-refractivity contribution in [3.63, 3.8) is 0 Å². The van der Waals surface area contributed by atoms with Gasteiger partial charge in [0.1, 0.15) is 17.3 Å². The first-order valence-corrected chi connectivity index (χ1v) is 10.4. The topological polar surface area (TPSA) is 58.6 Å². The molecule has 3 aromatic carbocycles. The van der Waals surface area contributed by atoms with Gasteiger partial charge in [-0.15, -0.1) is 0 Å². The monoisotopic (exact) mass is 450 g/mol. The van der Waals surface area contributed by atoms with Crippen molar-refractivity contribution in [3.8, 4) is 5.75 Å². The molecule has 162 valence electrons. The smallest absolute Gasteiger partial charge is 0.282 e. The number of imide groups is 1. The molecule has 0 unspecified atom stereocenters. The first-order valence-electron chi connectivity index (χ1n) is 10.0. The summed E-state index contributed by atoms with van der Waals surface area (Å²) in [6, 6.07) is 19.1. The maximum Gasteiger partial charge on any atom is 0.282 e. The van der Waals surface area contributed by atoms with E-state index in [4.69, 9.17) is 16.3 Å². The highest BCUT2D eigenvalue weighted by Gasteiger charge is 2.41. The molecule has 1 aliphatic heterocycles. The lowest BCUT2D eigenvalue weighted by atomic mass is 10.0. The molecule has 0 saturated carbocycles. The molecule has 1 N–H and O–H groups in total. The number of nitrogens with one attached hydrogen (secondary N) is 1. The van der Waals surface area contributed by atoms with E-state index in [1.165, 1.54) is 24.3 Å². The van der Waals surface area contributed by atoms with E-state index in [1.807, 2.05) is 13.8 Å². The zero-order valence-electron chi connectivity index (χ0n) is 17.4. The molecule has 7 heteroatoms. The van der Waals surface area contributed by atoms with Gasteiger partial charge in [-0.1, -0.05) is 35.9 Å². The Morgan fingerprint density at radius 3 is 2.19 bits per heavy atom. The zero-order valence-corrected chi connectivity index (χ0v) is 18.2. The van der Waals surface area contributed by atoms with Gasteiger partial charge < -0.3 is 10.1 Å². The summed E-state index contributed by atoms with van der Waals surface area (Å²) in [5.41, 5.74) is 1.51. The van der Waals surface area contributed by atoms with E-state index < -0.39 is 17.6 Å². The molecule has 2 amide bonds. The summed E-state index contributed by atoms with van der Waals surface area (Å²) in [7, 11) is 0. The van der Waals surface area contributed by atoms with E-state index in [2.05, 4.69) is 5.32 Å². The molecule has 0 aliphatic carbocycles. The van der Waals surface area contributed by atoms with Crippen molar-refractivity contribution in [3.05, 3.63) is 94.9 Å². The van der Waals surface area contributed by atoms with E-state index in [1.54, 1.807) is 48.5 Å². The Labute approximate surface area is 190 Å². The van der Waals surface area contributed by atoms with Crippen molar-refractivity contribution >= 4 is 40.4 Å². The standard InChI is InChI=1S/C25H20ClFN2O3/c1-15(2)32-19-13-11-18(12-14-19)28-23-22(16-7-9-17(27)10-8-16)24(30)29(25(23)31)21-6-4-3-5-20(21)26/h3-15,28H,1-2H3. The second kappa shape index (κ2) is 8.85. The number of carbonyl (C=O) groups is 2. The van der Waals surface area contributed by atoms with Crippen molar-refractivity contribution in [2.45, 2.75) is 20.0 Å². The fourth-order valence-corrected chi connectivity index (χ4v) is 3.64. The molecular weight excluding hydrogens is 431 g/mol. The number of para-hydroxylation sites is 1. The van der Waals surface area contributed by atoms with Gasteiger partial charge in [0.15, 0.2) is 0 Å². The predicted octanol–water partition coefficient (Wildman–Crippen LogP) is 5.66. The molecule has 0 atom stereocenters. The Bertz CT molecular complexity index is 1200. The van der Waals surface area contributed by atoms with Gasteiger partial charge in [0.05, 0.1) is 22.4 Å². The third-order valence-corrected chi connectivity index (χ3v) is 5.13. The second-order valence-corrected chi connectivity index (χ2v) is 7.88. The summed E-state index contributed by atoms with van der Waals surface area (Å²) in [5, 5.41) is 3.33. The van der Waals surface area contributed by atoms with Crippen LogP contribution in [0.15, 0.2) is 78.5 Å². The molecule has 0 fully saturated rings. The van der Waals surface area contributed by atoms with Crippen LogP contribution in [0, 0.1) is 5.82 Å². The number of carbonyl (C=O) groups excluding carboxylic acids is 2. The van der Waals surface area contributed by atoms with Crippen LogP contribution < -0.4 is 15.0 Å². The lowest BCUT2D eigenvalue weighted by Crippen LogP contribution is -2.32. The molecular formula is C25H20ClFN2O3. The fraction of sp³-hybridized carbons (Fsp3) is 0.120. The average Bonchev–Trinajstić information content (AvgIpc) is 3.00. The van der Waals surface area contributed by atoms with E-state index in [9.17, 15) is 14.0 Å². The Kier molecular flexibility index (Phi) is 5.97. The number of nitrogens with zero attached hydrogens (tertiary/aromatic N) is 1. The van der Waals surface area contributed by atoms with E-state index in [0.717, 1.165) is 4.90 Å². The highest BCUT2D eigenvalue weighted by molar-refractivity contribution is 6.48. The van der Waals surface area contributed by atoms with Crippen LogP contribution in [0.25, 0.3) is 5.57 Å². The molecule has 1 aliphatic rings. The van der Waals surface area contributed by atoms with Gasteiger partial charge in [0, 0.05) is 5.69 Å². The molecule has 0 saturated heterocycles. The average molecular weight is 451 g/mol. The number of rotatable bonds is 6. The van der Waals surface area contributed by atoms with Crippen LogP contribution in [0.5, 0.6) is 5.75 Å². The highest BCUT2D eigenvalue weighted by atomic mass is 35.5. The van der Waals surface area contributed by atoms with Gasteiger partial charge in [-0.2, -0.15) is 0 Å². The van der Waals surface area contributed by atoms with Gasteiger partial charge in [-0.25, -0.2) is 9.29 Å². The molecule has 1 heterocycles. The minimum atomic E-state index is -0.551. The summed E-state index contributed by atoms with van der Waals surface area (Å²) >= 11 is 6.27. The Morgan fingerprint density at radius 1 is 0.906 bits per heavy atom. The molecule has 4 rings (SSSR count). The Hall–Kier alpha value is -3.64. The first-order chi connectivity index (χ1) is 15.3. The highest BCUT2D eigenvalue weighted by Crippen LogP contribution is 2.36. The first kappa shape index (κ1) is 21.6. The quantitative estimate of drug-likeness (QED) is 0.492. The van der Waals surface area contributed by atoms with E-state index >= 15 is 0 Å². The van der Waals surface area contributed by atoms with Crippen LogP contribution in [0.2, 0.25) is 5.02 Å². The Morgan fingerprint density at radius 2 is 1.56 bits per heavy atom. The molecule has 0 radical (unpaired) electrons. The molecule has 0 spiro atoms. The fourth-order valence-electron chi connectivity index (χ4n) is 3.42. The van der Waals surface area contributed by atoms with Crippen molar-refractivity contribution in [1.29, 1.82) is 0 Å². The van der Waals surface area contributed by atoms with Crippen LogP contribution in [0.1, 0.15) is 19.4 Å². The maximum atomic E-state index is 13.5. The molecule has 0 bridgehead atoms. The minimum absolute atomic E-state index is 0.0276. The number of hydrogen-bond acceptors (Lipinski definition) is 4. The van der Waals surface area contributed by atoms with Crippen molar-refractivity contribution in [1.82, 2.24) is 0 Å². The van der Waals surface area contributed by atoms with Crippen molar-refractivity contribution in [2.24, 2.45) is 0 Å². The van der Waals surface area contributed by atoms with E-state index in [-0.39, 0.29) is 28.1 Å². The van der Waals surface area contributed by atoms with Gasteiger partial charge in [0.25, 0.3) is 11.8 Å². The predicted molar refractivity (Wildman–Crippen MR) is 123 cm³/mol. The zero-order chi connectivity index (χ0) is 22.8. The summed E-state index contributed by atoms with van der Waals surface area (Å²) in [5.74, 6) is -0.851. The number of amides is 2. The van der Waals surface area contributed by atoms with Crippen LogP contribution in [0.3, 0.4) is 0 Å². The second-order valence-electron chi connectivity index (χ2n) is 7.47. The van der Waals surface area contributed by atoms with E-state index in [0.29, 0.717) is 17.0 Å². The molecule has 32 heavy (non-hydrogen) atoms. The van der Waals surface area contributed by atoms with Crippen LogP contribution >= 0.6 is 11.6 Å². The molecule has 3 aromatic rings. The molecule has 0 aromatic heterocycles. The largest absolute Gasteiger partial charge is 0.491 e. The minimum Gasteiger partial charge on any atom is -0.491 e. The van der Waals surface area contributed by atoms with Crippen molar-refractivity contribution in [2.75, 3.05) is 10.2 Å². The normalized spacial score (nSPS) is 13.8. The summed E-state index contributed by atoms with van der Waals surface area (Å²) in [6.45, 7) is 3.86. The van der Waals surface area contributed by atoms with Crippen molar-refractivity contribution < 1.29 is 18.7 Å². The Balaban J connectivity index is 1.75. The van der Waals surface area contributed by atoms with Crippen LogP contribution in [-0.4, -0.2) is 17.9 Å². The third-order valence-electron chi connectivity index (χ3n) is 4.81. The van der Waals surface area contributed by atoms with Gasteiger partial charge in [0.2, 0.25) is 0 Å². The number of hydrogen-bond donors (Lipinski definition) is 1. The summed E-state index contributed by atoms with van der Waals surface area (Å²) in [4.78, 5) is 27.8. The SMILES string of the molecule is CC(C)Oc1ccc(NC2=C(c3ccc(F)cc3)C(=O)N(c3ccccc3Cl)C2=O)cc1. The van der Waals surface area contributed by atoms with Gasteiger partial charge in [-0.3, -0.25) is 9.59 Å². The van der Waals surface area contributed by atoms with Gasteiger partial charge in [-0.05, 0) is 67.9 Å². The third kappa shape index (κ3) is 4.22. The number of ether oxygens (including phenoxy) is 1. The number of halogens is 2. The maximum absolute atomic E-state index is 13.5. The summed E-state index contributed by atoms with van der Waals surface area (Å²) in [6.07, 6.45) is 0.0276. The lowest BCUT2D eigenvalue weighted by Gasteiger charge is -2.17. The number of anilines is 2. The van der Waals surface area contributed by atoms with Crippen LogP contribution in [-0.2, 0) is 9.59 Å². The number of benzene rings is 3. The molecule has 5 nitrogen and oxygen atoms in total. The van der Waals surface area contributed by atoms with Crippen LogP contribution in [0.4, 0.5) is 15.8 Å². The lowest BCUT2D eigenvalue weighted by molar-refractivity contribution is -0.120.